The Morgan fingerprint density at radius 2 is 2.00 bits per heavy atom. The van der Waals surface area contributed by atoms with Crippen LogP contribution < -0.4 is 9.47 Å². The van der Waals surface area contributed by atoms with Gasteiger partial charge >= 0.3 is 5.97 Å². The van der Waals surface area contributed by atoms with Crippen LogP contribution in [0, 0.1) is 0 Å². The molecule has 0 N–H and O–H groups in total. The van der Waals surface area contributed by atoms with Crippen LogP contribution >= 0.6 is 11.3 Å². The normalized spacial score (nSPS) is 14.7. The van der Waals surface area contributed by atoms with E-state index in [0.29, 0.717) is 25.1 Å². The topological polar surface area (TPSA) is 82.1 Å². The van der Waals surface area contributed by atoms with Gasteiger partial charge in [0.1, 0.15) is 4.90 Å². The van der Waals surface area contributed by atoms with Crippen LogP contribution in [0.4, 0.5) is 0 Å². The van der Waals surface area contributed by atoms with E-state index in [4.69, 9.17) is 9.47 Å². The first-order valence-corrected chi connectivity index (χ1v) is 10.8. The molecule has 2 heterocycles. The summed E-state index contributed by atoms with van der Waals surface area (Å²) in [5, 5.41) is 1.97. The van der Waals surface area contributed by atoms with E-state index in [1.54, 1.807) is 17.4 Å². The summed E-state index contributed by atoms with van der Waals surface area (Å²) in [5.74, 6) is -0.143. The Kier molecular flexibility index (Phi) is 6.07. The van der Waals surface area contributed by atoms with Crippen molar-refractivity contribution in [2.24, 2.45) is 0 Å². The van der Waals surface area contributed by atoms with Crippen molar-refractivity contribution in [1.82, 2.24) is 4.31 Å². The van der Waals surface area contributed by atoms with Crippen molar-refractivity contribution in [3.8, 4) is 11.5 Å². The zero-order chi connectivity index (χ0) is 20.3. The largest absolute Gasteiger partial charge is 0.493 e. The number of hydrogen-bond donors (Lipinski definition) is 0. The molecular formula is C19H21NO6S2. The van der Waals surface area contributed by atoms with Gasteiger partial charge in [-0.25, -0.2) is 13.2 Å². The zero-order valence-electron chi connectivity index (χ0n) is 15.8. The third-order valence-corrected chi connectivity index (χ3v) is 7.34. The highest BCUT2D eigenvalue weighted by molar-refractivity contribution is 7.89. The van der Waals surface area contributed by atoms with Gasteiger partial charge in [-0.3, -0.25) is 0 Å². The number of nitrogens with zero attached hydrogens (tertiary/aromatic N) is 1. The zero-order valence-corrected chi connectivity index (χ0v) is 17.4. The molecular weight excluding hydrogens is 402 g/mol. The second kappa shape index (κ2) is 8.34. The number of hydrogen-bond acceptors (Lipinski definition) is 7. The Morgan fingerprint density at radius 3 is 2.68 bits per heavy atom. The van der Waals surface area contributed by atoms with E-state index >= 15 is 0 Å². The van der Waals surface area contributed by atoms with E-state index in [1.807, 2.05) is 11.4 Å². The molecule has 0 unspecified atom stereocenters. The van der Waals surface area contributed by atoms with Gasteiger partial charge in [0.25, 0.3) is 0 Å². The van der Waals surface area contributed by atoms with E-state index in [0.717, 1.165) is 5.56 Å². The third-order valence-electron chi connectivity index (χ3n) is 4.47. The molecule has 0 aliphatic carbocycles. The molecule has 0 fully saturated rings. The van der Waals surface area contributed by atoms with Gasteiger partial charge in [0.2, 0.25) is 10.0 Å². The summed E-state index contributed by atoms with van der Waals surface area (Å²) in [6.07, 6.45) is 3.36. The standard InChI is InChI=1S/C19H21NO6S2/c1-24-15-10-13(4-5-18(21)25-2)11-17(19(15)26-3)28(22,23)20-8-6-16-14(12-20)7-9-27-16/h4-5,7,9-11H,6,8,12H2,1-3H3/b5-4+. The number of esters is 1. The van der Waals surface area contributed by atoms with Crippen molar-refractivity contribution in [2.75, 3.05) is 27.9 Å². The Bertz CT molecular complexity index is 1010. The van der Waals surface area contributed by atoms with E-state index < -0.39 is 16.0 Å². The number of rotatable bonds is 6. The van der Waals surface area contributed by atoms with Gasteiger partial charge in [-0.15, -0.1) is 11.3 Å². The lowest BCUT2D eigenvalue weighted by atomic mass is 10.1. The Morgan fingerprint density at radius 1 is 1.21 bits per heavy atom. The summed E-state index contributed by atoms with van der Waals surface area (Å²) in [6.45, 7) is 0.707. The quantitative estimate of drug-likeness (QED) is 0.525. The van der Waals surface area contributed by atoms with Crippen molar-refractivity contribution in [1.29, 1.82) is 0 Å². The van der Waals surface area contributed by atoms with Crippen LogP contribution in [0.5, 0.6) is 11.5 Å². The van der Waals surface area contributed by atoms with Gasteiger partial charge in [0, 0.05) is 24.0 Å². The van der Waals surface area contributed by atoms with Gasteiger partial charge < -0.3 is 14.2 Å². The second-order valence-electron chi connectivity index (χ2n) is 6.07. The molecule has 150 valence electrons. The minimum absolute atomic E-state index is 0.00227. The van der Waals surface area contributed by atoms with E-state index in [-0.39, 0.29) is 16.4 Å². The first-order chi connectivity index (χ1) is 13.4. The molecule has 1 aliphatic heterocycles. The predicted octanol–water partition coefficient (Wildman–Crippen LogP) is 2.70. The summed E-state index contributed by atoms with van der Waals surface area (Å²) in [4.78, 5) is 12.6. The molecule has 1 aliphatic rings. The van der Waals surface area contributed by atoms with Crippen LogP contribution in [0.25, 0.3) is 6.08 Å². The van der Waals surface area contributed by atoms with Gasteiger partial charge in [0.05, 0.1) is 21.3 Å². The lowest BCUT2D eigenvalue weighted by Crippen LogP contribution is -2.35. The number of fused-ring (bicyclic) bond motifs is 1. The van der Waals surface area contributed by atoms with Crippen molar-refractivity contribution in [3.63, 3.8) is 0 Å². The van der Waals surface area contributed by atoms with Crippen LogP contribution in [-0.4, -0.2) is 46.6 Å². The molecule has 28 heavy (non-hydrogen) atoms. The summed E-state index contributed by atoms with van der Waals surface area (Å²) in [5.41, 5.74) is 1.50. The first-order valence-electron chi connectivity index (χ1n) is 8.48. The molecule has 1 aromatic carbocycles. The van der Waals surface area contributed by atoms with Gasteiger partial charge in [0.15, 0.2) is 11.5 Å². The number of sulfonamides is 1. The monoisotopic (exact) mass is 423 g/mol. The Labute approximate surface area is 168 Å². The number of carbonyl (C=O) groups excluding carboxylic acids is 1. The molecule has 9 heteroatoms. The lowest BCUT2D eigenvalue weighted by molar-refractivity contribution is -0.134. The number of carbonyl (C=O) groups is 1. The number of thiophene rings is 1. The highest BCUT2D eigenvalue weighted by Crippen LogP contribution is 2.39. The van der Waals surface area contributed by atoms with Crippen LogP contribution in [-0.2, 0) is 32.5 Å². The molecule has 3 rings (SSSR count). The van der Waals surface area contributed by atoms with Crippen molar-refractivity contribution >= 4 is 33.4 Å². The van der Waals surface area contributed by atoms with Crippen molar-refractivity contribution in [3.05, 3.63) is 45.7 Å². The summed E-state index contributed by atoms with van der Waals surface area (Å²) < 4.78 is 43.5. The van der Waals surface area contributed by atoms with E-state index in [1.165, 1.54) is 48.7 Å². The average molecular weight is 424 g/mol. The predicted molar refractivity (Wildman–Crippen MR) is 106 cm³/mol. The molecule has 0 bridgehead atoms. The highest BCUT2D eigenvalue weighted by atomic mass is 32.2. The molecule has 2 aromatic rings. The SMILES string of the molecule is COC(=O)/C=C/c1cc(OC)c(OC)c(S(=O)(=O)N2CCc3sccc3C2)c1. The molecule has 0 amide bonds. The van der Waals surface area contributed by atoms with Crippen molar-refractivity contribution in [2.45, 2.75) is 17.9 Å². The average Bonchev–Trinajstić information content (AvgIpc) is 3.18. The fourth-order valence-corrected chi connectivity index (χ4v) is 5.55. The third kappa shape index (κ3) is 3.91. The minimum Gasteiger partial charge on any atom is -0.493 e. The molecule has 1 aromatic heterocycles. The first kappa shape index (κ1) is 20.4. The Hall–Kier alpha value is -2.36. The van der Waals surface area contributed by atoms with Crippen molar-refractivity contribution < 1.29 is 27.4 Å². The molecule has 0 saturated heterocycles. The van der Waals surface area contributed by atoms with Crippen LogP contribution in [0.15, 0.2) is 34.6 Å². The molecule has 7 nitrogen and oxygen atoms in total. The number of ether oxygens (including phenoxy) is 3. The summed E-state index contributed by atoms with van der Waals surface area (Å²) in [6, 6.07) is 5.03. The summed E-state index contributed by atoms with van der Waals surface area (Å²) >= 11 is 1.64. The number of benzene rings is 1. The molecule has 0 spiro atoms. The highest BCUT2D eigenvalue weighted by Gasteiger charge is 2.32. The van der Waals surface area contributed by atoms with Crippen LogP contribution in [0.2, 0.25) is 0 Å². The lowest BCUT2D eigenvalue weighted by Gasteiger charge is -2.27. The van der Waals surface area contributed by atoms with Gasteiger partial charge in [-0.2, -0.15) is 4.31 Å². The number of methoxy groups -OCH3 is 3. The van der Waals surface area contributed by atoms with E-state index in [9.17, 15) is 13.2 Å². The smallest absolute Gasteiger partial charge is 0.330 e. The fourth-order valence-electron chi connectivity index (χ4n) is 3.04. The summed E-state index contributed by atoms with van der Waals surface area (Å²) in [7, 11) is 0.256. The minimum atomic E-state index is -3.84. The fraction of sp³-hybridized carbons (Fsp3) is 0.316. The Balaban J connectivity index is 2.05. The molecule has 0 saturated carbocycles. The van der Waals surface area contributed by atoms with Gasteiger partial charge in [-0.05, 0) is 47.2 Å². The molecule has 0 radical (unpaired) electrons. The van der Waals surface area contributed by atoms with E-state index in [2.05, 4.69) is 4.74 Å². The maximum absolute atomic E-state index is 13.4. The maximum atomic E-state index is 13.4. The second-order valence-corrected chi connectivity index (χ2v) is 8.98. The molecule has 0 atom stereocenters. The van der Waals surface area contributed by atoms with Gasteiger partial charge in [-0.1, -0.05) is 0 Å². The van der Waals surface area contributed by atoms with Crippen LogP contribution in [0.1, 0.15) is 16.0 Å². The van der Waals surface area contributed by atoms with Crippen LogP contribution in [0.3, 0.4) is 0 Å². The maximum Gasteiger partial charge on any atom is 0.330 e.